The minimum atomic E-state index is -0.334. The van der Waals surface area contributed by atoms with Crippen molar-refractivity contribution in [2.45, 2.75) is 65.1 Å². The quantitative estimate of drug-likeness (QED) is 0.449. The Morgan fingerprint density at radius 2 is 1.40 bits per heavy atom. The lowest BCUT2D eigenvalue weighted by Gasteiger charge is -2.45. The molecule has 4 nitrogen and oxygen atoms in total. The van der Waals surface area contributed by atoms with Crippen LogP contribution >= 0.6 is 0 Å². The van der Waals surface area contributed by atoms with Crippen molar-refractivity contribution in [3.05, 3.63) is 71.8 Å². The molecule has 4 heteroatoms. The summed E-state index contributed by atoms with van der Waals surface area (Å²) in [6.45, 7) is 10.9. The number of hydrogen-bond acceptors (Lipinski definition) is 3. The van der Waals surface area contributed by atoms with Crippen LogP contribution in [0.25, 0.3) is 0 Å². The smallest absolute Gasteiger partial charge is 0.222 e. The van der Waals surface area contributed by atoms with Crippen LogP contribution in [0.1, 0.15) is 70.7 Å². The van der Waals surface area contributed by atoms with Crippen LogP contribution in [-0.2, 0) is 9.63 Å². The Labute approximate surface area is 182 Å². The van der Waals surface area contributed by atoms with Crippen molar-refractivity contribution in [3.63, 3.8) is 0 Å². The molecule has 164 valence electrons. The molecule has 30 heavy (non-hydrogen) atoms. The lowest BCUT2D eigenvalue weighted by molar-refractivity contribution is -0.278. The van der Waals surface area contributed by atoms with Crippen molar-refractivity contribution >= 4 is 5.91 Å². The van der Waals surface area contributed by atoms with Gasteiger partial charge in [0.2, 0.25) is 5.91 Å². The first-order valence-electron chi connectivity index (χ1n) is 10.9. The second-order valence-corrected chi connectivity index (χ2v) is 9.18. The van der Waals surface area contributed by atoms with Crippen molar-refractivity contribution in [3.8, 4) is 0 Å². The number of amides is 1. The summed E-state index contributed by atoms with van der Waals surface area (Å²) in [5.41, 5.74) is 2.03. The average molecular weight is 411 g/mol. The molecule has 0 aromatic heterocycles. The molecule has 2 atom stereocenters. The maximum absolute atomic E-state index is 12.3. The van der Waals surface area contributed by atoms with Crippen molar-refractivity contribution < 1.29 is 9.63 Å². The highest BCUT2D eigenvalue weighted by atomic mass is 16.7. The van der Waals surface area contributed by atoms with Gasteiger partial charge in [-0.2, -0.15) is 5.06 Å². The van der Waals surface area contributed by atoms with E-state index in [1.807, 2.05) is 38.4 Å². The van der Waals surface area contributed by atoms with Gasteiger partial charge in [-0.1, -0.05) is 74.5 Å². The van der Waals surface area contributed by atoms with Gasteiger partial charge in [0.25, 0.3) is 0 Å². The van der Waals surface area contributed by atoms with Gasteiger partial charge in [-0.15, -0.1) is 0 Å². The Kier molecular flexibility index (Phi) is 8.63. The second-order valence-electron chi connectivity index (χ2n) is 9.18. The first kappa shape index (κ1) is 24.1. The molecule has 1 amide bonds. The molecule has 0 N–H and O–H groups in total. The largest absolute Gasteiger partial charge is 0.349 e. The fraction of sp³-hybridized carbons (Fsp3) is 0.500. The van der Waals surface area contributed by atoms with E-state index in [-0.39, 0.29) is 23.6 Å². The van der Waals surface area contributed by atoms with Crippen LogP contribution in [0.2, 0.25) is 0 Å². The Hall–Kier alpha value is -2.17. The van der Waals surface area contributed by atoms with Gasteiger partial charge in [0.1, 0.15) is 6.10 Å². The van der Waals surface area contributed by atoms with E-state index in [2.05, 4.69) is 76.1 Å². The van der Waals surface area contributed by atoms with Gasteiger partial charge in [0.05, 0.1) is 6.04 Å². The Balaban J connectivity index is 2.38. The van der Waals surface area contributed by atoms with Crippen molar-refractivity contribution in [2.75, 3.05) is 14.1 Å². The standard InChI is InChI=1S/C26H38N2O2/c1-20(2)25(23-16-12-9-13-17-23)28(26(4,5)19-18-24(29)27(6)7)30-21(3)22-14-10-8-11-15-22/h8-17,20-21,25H,18-19H2,1-7H3. The molecular formula is C26H38N2O2. The number of hydrogen-bond donors (Lipinski definition) is 0. The van der Waals surface area contributed by atoms with Gasteiger partial charge in [-0.25, -0.2) is 0 Å². The number of rotatable bonds is 10. The molecule has 0 heterocycles. The summed E-state index contributed by atoms with van der Waals surface area (Å²) in [7, 11) is 3.62. The van der Waals surface area contributed by atoms with Gasteiger partial charge in [-0.05, 0) is 44.2 Å². The minimum absolute atomic E-state index is 0.0711. The molecule has 0 aliphatic rings. The zero-order valence-corrected chi connectivity index (χ0v) is 19.6. The van der Waals surface area contributed by atoms with Crippen LogP contribution in [0.15, 0.2) is 60.7 Å². The van der Waals surface area contributed by atoms with E-state index in [0.29, 0.717) is 18.8 Å². The Morgan fingerprint density at radius 1 is 0.900 bits per heavy atom. The summed E-state index contributed by atoms with van der Waals surface area (Å²) in [4.78, 5) is 20.6. The summed E-state index contributed by atoms with van der Waals surface area (Å²) < 4.78 is 0. The van der Waals surface area contributed by atoms with Crippen LogP contribution in [0.5, 0.6) is 0 Å². The van der Waals surface area contributed by atoms with E-state index >= 15 is 0 Å². The molecule has 0 aliphatic carbocycles. The van der Waals surface area contributed by atoms with E-state index in [4.69, 9.17) is 4.84 Å². The predicted molar refractivity (Wildman–Crippen MR) is 124 cm³/mol. The third kappa shape index (κ3) is 6.41. The normalized spacial score (nSPS) is 14.0. The van der Waals surface area contributed by atoms with Gasteiger partial charge >= 0.3 is 0 Å². The third-order valence-electron chi connectivity index (χ3n) is 5.61. The molecule has 2 rings (SSSR count). The third-order valence-corrected chi connectivity index (χ3v) is 5.61. The van der Waals surface area contributed by atoms with Crippen LogP contribution in [0.4, 0.5) is 0 Å². The Morgan fingerprint density at radius 3 is 1.87 bits per heavy atom. The molecule has 0 saturated heterocycles. The number of nitrogens with zero attached hydrogens (tertiary/aromatic N) is 2. The zero-order valence-electron chi connectivity index (χ0n) is 19.6. The summed E-state index contributed by atoms with van der Waals surface area (Å²) in [6.07, 6.45) is 1.10. The molecular weight excluding hydrogens is 372 g/mol. The minimum Gasteiger partial charge on any atom is -0.349 e. The highest BCUT2D eigenvalue weighted by Crippen LogP contribution is 2.39. The zero-order chi connectivity index (χ0) is 22.3. The molecule has 0 saturated carbocycles. The topological polar surface area (TPSA) is 32.8 Å². The first-order chi connectivity index (χ1) is 14.1. The van der Waals surface area contributed by atoms with E-state index in [1.54, 1.807) is 4.90 Å². The molecule has 0 radical (unpaired) electrons. The van der Waals surface area contributed by atoms with Crippen molar-refractivity contribution in [2.24, 2.45) is 5.92 Å². The molecule has 0 bridgehead atoms. The molecule has 0 aliphatic heterocycles. The van der Waals surface area contributed by atoms with Crippen LogP contribution < -0.4 is 0 Å². The number of carbonyl (C=O) groups excluding carboxylic acids is 1. The first-order valence-corrected chi connectivity index (χ1v) is 10.9. The SMILES string of the molecule is CC(ON(C(c1ccccc1)C(C)C)C(C)(C)CCC(=O)N(C)C)c1ccccc1. The van der Waals surface area contributed by atoms with Crippen LogP contribution in [-0.4, -0.2) is 35.5 Å². The fourth-order valence-corrected chi connectivity index (χ4v) is 3.73. The maximum atomic E-state index is 12.3. The number of hydroxylamine groups is 2. The van der Waals surface area contributed by atoms with Gasteiger partial charge in [-0.3, -0.25) is 9.63 Å². The summed E-state index contributed by atoms with van der Waals surface area (Å²) in [6, 6.07) is 20.9. The summed E-state index contributed by atoms with van der Waals surface area (Å²) >= 11 is 0. The molecule has 0 spiro atoms. The van der Waals surface area contributed by atoms with Crippen molar-refractivity contribution in [1.29, 1.82) is 0 Å². The monoisotopic (exact) mass is 410 g/mol. The molecule has 2 aromatic rings. The van der Waals surface area contributed by atoms with Gasteiger partial charge in [0, 0.05) is 26.1 Å². The molecule has 2 unspecified atom stereocenters. The van der Waals surface area contributed by atoms with E-state index < -0.39 is 0 Å². The summed E-state index contributed by atoms with van der Waals surface area (Å²) in [5, 5.41) is 2.15. The maximum Gasteiger partial charge on any atom is 0.222 e. The van der Waals surface area contributed by atoms with Crippen molar-refractivity contribution in [1.82, 2.24) is 9.96 Å². The van der Waals surface area contributed by atoms with E-state index in [0.717, 1.165) is 5.56 Å². The van der Waals surface area contributed by atoms with Crippen LogP contribution in [0, 0.1) is 5.92 Å². The lowest BCUT2D eigenvalue weighted by atomic mass is 9.89. The molecule has 0 fully saturated rings. The van der Waals surface area contributed by atoms with Gasteiger partial charge < -0.3 is 4.90 Å². The van der Waals surface area contributed by atoms with E-state index in [9.17, 15) is 4.79 Å². The second kappa shape index (κ2) is 10.7. The highest BCUT2D eigenvalue weighted by Gasteiger charge is 2.38. The Bertz CT molecular complexity index is 772. The predicted octanol–water partition coefficient (Wildman–Crippen LogP) is 6.03. The fourth-order valence-electron chi connectivity index (χ4n) is 3.73. The average Bonchev–Trinajstić information content (AvgIpc) is 2.72. The van der Waals surface area contributed by atoms with E-state index in [1.165, 1.54) is 5.56 Å². The van der Waals surface area contributed by atoms with Crippen LogP contribution in [0.3, 0.4) is 0 Å². The highest BCUT2D eigenvalue weighted by molar-refractivity contribution is 5.75. The van der Waals surface area contributed by atoms with Gasteiger partial charge in [0.15, 0.2) is 0 Å². The number of carbonyl (C=O) groups is 1. The lowest BCUT2D eigenvalue weighted by Crippen LogP contribution is -2.48. The number of benzene rings is 2. The molecule has 2 aromatic carbocycles. The summed E-state index contributed by atoms with van der Waals surface area (Å²) in [5.74, 6) is 0.471.